The molecule has 0 bridgehead atoms. The van der Waals surface area contributed by atoms with E-state index in [1.165, 1.54) is 0 Å². The molecule has 1 aliphatic rings. The number of thioether (sulfide) groups is 1. The highest BCUT2D eigenvalue weighted by Crippen LogP contribution is 2.32. The maximum atomic E-state index is 13.3. The van der Waals surface area contributed by atoms with Crippen molar-refractivity contribution < 1.29 is 22.7 Å². The first-order valence-electron chi connectivity index (χ1n) is 8.90. The van der Waals surface area contributed by atoms with Crippen molar-refractivity contribution in [3.63, 3.8) is 0 Å². The lowest BCUT2D eigenvalue weighted by atomic mass is 10.1. The number of amides is 1. The van der Waals surface area contributed by atoms with E-state index in [0.717, 1.165) is 30.7 Å². The predicted octanol–water partition coefficient (Wildman–Crippen LogP) is 3.94. The van der Waals surface area contributed by atoms with Crippen LogP contribution in [0.15, 0.2) is 41.6 Å². The molecule has 5 nitrogen and oxygen atoms in total. The Morgan fingerprint density at radius 3 is 2.71 bits per heavy atom. The summed E-state index contributed by atoms with van der Waals surface area (Å²) in [7, 11) is 0. The maximum Gasteiger partial charge on any atom is 0.433 e. The minimum atomic E-state index is -4.60. The lowest BCUT2D eigenvalue weighted by molar-refractivity contribution is -0.141. The van der Waals surface area contributed by atoms with Gasteiger partial charge in [0.15, 0.2) is 5.16 Å². The molecule has 1 aromatic heterocycles. The summed E-state index contributed by atoms with van der Waals surface area (Å²) >= 11 is 0.898. The molecule has 1 amide bonds. The molecule has 3 rings (SSSR count). The van der Waals surface area contributed by atoms with Crippen molar-refractivity contribution >= 4 is 17.7 Å². The van der Waals surface area contributed by atoms with Crippen LogP contribution >= 0.6 is 11.8 Å². The summed E-state index contributed by atoms with van der Waals surface area (Å²) < 4.78 is 45.2. The molecule has 0 saturated carbocycles. The number of carbonyl (C=O) groups is 1. The van der Waals surface area contributed by atoms with E-state index in [-0.39, 0.29) is 22.9 Å². The topological polar surface area (TPSA) is 64.1 Å². The zero-order chi connectivity index (χ0) is 20.1. The van der Waals surface area contributed by atoms with E-state index in [1.54, 1.807) is 37.3 Å². The van der Waals surface area contributed by atoms with Crippen molar-refractivity contribution in [1.29, 1.82) is 0 Å². The largest absolute Gasteiger partial charge is 0.433 e. The molecule has 1 aliphatic heterocycles. The Morgan fingerprint density at radius 1 is 1.32 bits per heavy atom. The lowest BCUT2D eigenvalue weighted by Gasteiger charge is -2.15. The fraction of sp³-hybridized carbons (Fsp3) is 0.421. The van der Waals surface area contributed by atoms with Gasteiger partial charge in [0.2, 0.25) is 5.91 Å². The average Bonchev–Trinajstić information content (AvgIpc) is 3.19. The Morgan fingerprint density at radius 2 is 2.07 bits per heavy atom. The first-order chi connectivity index (χ1) is 13.3. The molecular weight excluding hydrogens is 391 g/mol. The van der Waals surface area contributed by atoms with Crippen molar-refractivity contribution in [2.75, 3.05) is 13.2 Å². The first-order valence-corrected chi connectivity index (χ1v) is 9.78. The second-order valence-corrected chi connectivity index (χ2v) is 7.73. The van der Waals surface area contributed by atoms with Gasteiger partial charge in [-0.2, -0.15) is 13.2 Å². The Hall–Kier alpha value is -2.13. The average molecular weight is 411 g/mol. The molecule has 28 heavy (non-hydrogen) atoms. The lowest BCUT2D eigenvalue weighted by Crippen LogP contribution is -2.36. The van der Waals surface area contributed by atoms with Gasteiger partial charge in [-0.15, -0.1) is 0 Å². The standard InChI is InChI=1S/C19H20F3N3O2S/c1-12(17(26)23-11-14-8-5-9-27-14)28-18-24-15(13-6-3-2-4-7-13)10-16(25-18)19(20,21)22/h2-4,6-7,10,12,14H,5,8-9,11H2,1H3,(H,23,26)/t12-,14+/m1/s1. The molecule has 0 unspecified atom stereocenters. The van der Waals surface area contributed by atoms with Gasteiger partial charge in [-0.25, -0.2) is 9.97 Å². The first kappa shape index (κ1) is 20.6. The SMILES string of the molecule is C[C@@H](Sc1nc(-c2ccccc2)cc(C(F)(F)F)n1)C(=O)NC[C@@H]1CCCO1. The Bertz CT molecular complexity index is 812. The van der Waals surface area contributed by atoms with Gasteiger partial charge in [0.25, 0.3) is 0 Å². The molecule has 2 atom stereocenters. The van der Waals surface area contributed by atoms with Crippen molar-refractivity contribution in [2.45, 2.75) is 42.5 Å². The van der Waals surface area contributed by atoms with Crippen LogP contribution in [0.3, 0.4) is 0 Å². The fourth-order valence-electron chi connectivity index (χ4n) is 2.75. The van der Waals surface area contributed by atoms with Crippen LogP contribution in [0.25, 0.3) is 11.3 Å². The van der Waals surface area contributed by atoms with Crippen molar-refractivity contribution in [2.24, 2.45) is 0 Å². The number of hydrogen-bond acceptors (Lipinski definition) is 5. The number of hydrogen-bond donors (Lipinski definition) is 1. The van der Waals surface area contributed by atoms with Gasteiger partial charge in [0.1, 0.15) is 5.69 Å². The Labute approximate surface area is 165 Å². The molecule has 0 aliphatic carbocycles. The highest BCUT2D eigenvalue weighted by atomic mass is 32.2. The van der Waals surface area contributed by atoms with Gasteiger partial charge in [0.05, 0.1) is 17.0 Å². The number of halogens is 3. The number of carbonyl (C=O) groups excluding carboxylic acids is 1. The van der Waals surface area contributed by atoms with Crippen molar-refractivity contribution in [3.05, 3.63) is 42.1 Å². The summed E-state index contributed by atoms with van der Waals surface area (Å²) in [4.78, 5) is 20.1. The highest BCUT2D eigenvalue weighted by Gasteiger charge is 2.34. The number of alkyl halides is 3. The molecule has 1 saturated heterocycles. The van der Waals surface area contributed by atoms with Crippen LogP contribution in [0.4, 0.5) is 13.2 Å². The summed E-state index contributed by atoms with van der Waals surface area (Å²) in [5.74, 6) is -0.289. The number of aromatic nitrogens is 2. The summed E-state index contributed by atoms with van der Waals surface area (Å²) in [6.45, 7) is 2.69. The van der Waals surface area contributed by atoms with Crippen LogP contribution in [0, 0.1) is 0 Å². The molecule has 150 valence electrons. The summed E-state index contributed by atoms with van der Waals surface area (Å²) in [6.07, 6.45) is -2.76. The molecule has 9 heteroatoms. The predicted molar refractivity (Wildman–Crippen MR) is 99.8 cm³/mol. The molecule has 2 heterocycles. The van der Waals surface area contributed by atoms with E-state index in [0.29, 0.717) is 18.7 Å². The van der Waals surface area contributed by atoms with Crippen molar-refractivity contribution in [3.8, 4) is 11.3 Å². The van der Waals surface area contributed by atoms with Crippen molar-refractivity contribution in [1.82, 2.24) is 15.3 Å². The second kappa shape index (κ2) is 8.91. The Balaban J connectivity index is 1.75. The zero-order valence-electron chi connectivity index (χ0n) is 15.2. The van der Waals surface area contributed by atoms with Gasteiger partial charge in [-0.3, -0.25) is 4.79 Å². The number of benzene rings is 1. The molecule has 1 fully saturated rings. The maximum absolute atomic E-state index is 13.3. The van der Waals surface area contributed by atoms with Gasteiger partial charge < -0.3 is 10.1 Å². The van der Waals surface area contributed by atoms with Gasteiger partial charge in [-0.1, -0.05) is 42.1 Å². The van der Waals surface area contributed by atoms with E-state index in [2.05, 4.69) is 15.3 Å². The third-order valence-corrected chi connectivity index (χ3v) is 5.21. The van der Waals surface area contributed by atoms with E-state index < -0.39 is 17.1 Å². The molecule has 1 aromatic carbocycles. The number of rotatable bonds is 6. The van der Waals surface area contributed by atoms with Gasteiger partial charge in [-0.05, 0) is 25.8 Å². The van der Waals surface area contributed by atoms with Crippen LogP contribution in [0.1, 0.15) is 25.5 Å². The van der Waals surface area contributed by atoms with Crippen LogP contribution < -0.4 is 5.32 Å². The number of ether oxygens (including phenoxy) is 1. The van der Waals surface area contributed by atoms with Crippen LogP contribution in [0.5, 0.6) is 0 Å². The molecular formula is C19H20F3N3O2S. The van der Waals surface area contributed by atoms with E-state index >= 15 is 0 Å². The van der Waals surface area contributed by atoms with Crippen LogP contribution in [-0.2, 0) is 15.7 Å². The summed E-state index contributed by atoms with van der Waals surface area (Å²) in [6, 6.07) is 9.48. The second-order valence-electron chi connectivity index (χ2n) is 6.43. The molecule has 2 aromatic rings. The van der Waals surface area contributed by atoms with Gasteiger partial charge in [0, 0.05) is 18.7 Å². The number of nitrogens with one attached hydrogen (secondary N) is 1. The molecule has 0 radical (unpaired) electrons. The van der Waals surface area contributed by atoms with E-state index in [1.807, 2.05) is 0 Å². The number of nitrogens with zero attached hydrogens (tertiary/aromatic N) is 2. The summed E-state index contributed by atoms with van der Waals surface area (Å²) in [5, 5.41) is 2.04. The minimum absolute atomic E-state index is 0.00404. The minimum Gasteiger partial charge on any atom is -0.376 e. The normalized spacial score (nSPS) is 18.1. The zero-order valence-corrected chi connectivity index (χ0v) is 16.0. The van der Waals surface area contributed by atoms with Crippen LogP contribution in [-0.4, -0.2) is 40.4 Å². The highest BCUT2D eigenvalue weighted by molar-refractivity contribution is 8.00. The quantitative estimate of drug-likeness (QED) is 0.576. The molecule has 1 N–H and O–H groups in total. The molecule has 0 spiro atoms. The smallest absolute Gasteiger partial charge is 0.376 e. The van der Waals surface area contributed by atoms with Gasteiger partial charge >= 0.3 is 6.18 Å². The summed E-state index contributed by atoms with van der Waals surface area (Å²) in [5.41, 5.74) is -0.319. The fourth-order valence-corrected chi connectivity index (χ4v) is 3.56. The third kappa shape index (κ3) is 5.45. The monoisotopic (exact) mass is 411 g/mol. The van der Waals surface area contributed by atoms with E-state index in [4.69, 9.17) is 4.74 Å². The van der Waals surface area contributed by atoms with E-state index in [9.17, 15) is 18.0 Å². The Kier molecular flexibility index (Phi) is 6.56. The van der Waals surface area contributed by atoms with Crippen LogP contribution in [0.2, 0.25) is 0 Å². The third-order valence-electron chi connectivity index (χ3n) is 4.24.